The molecule has 1 aromatic carbocycles. The fourth-order valence-corrected chi connectivity index (χ4v) is 1.56. The molecule has 0 aliphatic heterocycles. The number of ether oxygens (including phenoxy) is 2. The van der Waals surface area contributed by atoms with E-state index in [1.165, 1.54) is 0 Å². The van der Waals surface area contributed by atoms with Gasteiger partial charge < -0.3 is 14.6 Å². The molecule has 0 aliphatic rings. The zero-order chi connectivity index (χ0) is 15.4. The van der Waals surface area contributed by atoms with Crippen LogP contribution >= 0.6 is 0 Å². The lowest BCUT2D eigenvalue weighted by molar-refractivity contribution is -0.385. The second kappa shape index (κ2) is 6.23. The smallest absolute Gasteiger partial charge is 0.342 e. The molecule has 1 aromatic rings. The molecule has 0 aromatic heterocycles. The molecule has 0 bridgehead atoms. The van der Waals surface area contributed by atoms with Crippen LogP contribution in [0.2, 0.25) is 0 Å². The number of nitrogens with zero attached hydrogens (tertiary/aromatic N) is 1. The van der Waals surface area contributed by atoms with Crippen molar-refractivity contribution in [3.8, 4) is 11.5 Å². The molecule has 7 nitrogen and oxygen atoms in total. The van der Waals surface area contributed by atoms with Gasteiger partial charge in [0.15, 0.2) is 11.5 Å². The predicted octanol–water partition coefficient (Wildman–Crippen LogP) is 2.87. The van der Waals surface area contributed by atoms with E-state index in [0.29, 0.717) is 0 Å². The minimum Gasteiger partial charge on any atom is -0.487 e. The van der Waals surface area contributed by atoms with Crippen molar-refractivity contribution in [2.75, 3.05) is 0 Å². The van der Waals surface area contributed by atoms with Gasteiger partial charge in [0.25, 0.3) is 5.69 Å². The first-order valence-corrected chi connectivity index (χ1v) is 6.11. The Kier molecular flexibility index (Phi) is 4.90. The van der Waals surface area contributed by atoms with Crippen molar-refractivity contribution in [3.63, 3.8) is 0 Å². The highest BCUT2D eigenvalue weighted by atomic mass is 16.6. The fraction of sp³-hybridized carbons (Fsp3) is 0.462. The molecule has 0 fully saturated rings. The Morgan fingerprint density at radius 1 is 1.15 bits per heavy atom. The van der Waals surface area contributed by atoms with Gasteiger partial charge in [-0.05, 0) is 27.7 Å². The highest BCUT2D eigenvalue weighted by Gasteiger charge is 2.25. The van der Waals surface area contributed by atoms with Crippen molar-refractivity contribution in [1.29, 1.82) is 0 Å². The average Bonchev–Trinajstić information content (AvgIpc) is 2.28. The summed E-state index contributed by atoms with van der Waals surface area (Å²) in [5.41, 5.74) is -0.953. The minimum absolute atomic E-state index is 0.158. The molecule has 0 saturated carbocycles. The van der Waals surface area contributed by atoms with Crippen molar-refractivity contribution < 1.29 is 24.3 Å². The Labute approximate surface area is 116 Å². The molecule has 0 saturated heterocycles. The zero-order valence-corrected chi connectivity index (χ0v) is 11.7. The summed E-state index contributed by atoms with van der Waals surface area (Å²) < 4.78 is 10.9. The first kappa shape index (κ1) is 15.7. The normalized spacial score (nSPS) is 10.7. The first-order valence-electron chi connectivity index (χ1n) is 6.11. The van der Waals surface area contributed by atoms with Crippen LogP contribution in [-0.2, 0) is 0 Å². The summed E-state index contributed by atoms with van der Waals surface area (Å²) in [6, 6.07) is 2.21. The molecule has 0 atom stereocenters. The number of benzene rings is 1. The van der Waals surface area contributed by atoms with E-state index in [-0.39, 0.29) is 23.7 Å². The van der Waals surface area contributed by atoms with Crippen LogP contribution < -0.4 is 9.47 Å². The van der Waals surface area contributed by atoms with Crippen molar-refractivity contribution >= 4 is 11.7 Å². The Morgan fingerprint density at radius 3 is 1.95 bits per heavy atom. The van der Waals surface area contributed by atoms with E-state index < -0.39 is 22.1 Å². The van der Waals surface area contributed by atoms with Crippen LogP contribution in [0.15, 0.2) is 12.1 Å². The number of aromatic carboxylic acids is 1. The molecular weight excluding hydrogens is 266 g/mol. The molecular formula is C13H17NO6. The number of carbonyl (C=O) groups is 1. The van der Waals surface area contributed by atoms with Crippen LogP contribution in [0.1, 0.15) is 38.1 Å². The van der Waals surface area contributed by atoms with Gasteiger partial charge in [0.2, 0.25) is 0 Å². The van der Waals surface area contributed by atoms with Crippen LogP contribution in [0, 0.1) is 10.1 Å². The third-order valence-corrected chi connectivity index (χ3v) is 2.21. The number of carboxylic acid groups (broad SMARTS) is 1. The number of rotatable bonds is 6. The third-order valence-electron chi connectivity index (χ3n) is 2.21. The van der Waals surface area contributed by atoms with Crippen molar-refractivity contribution in [2.24, 2.45) is 0 Å². The lowest BCUT2D eigenvalue weighted by Crippen LogP contribution is -2.13. The molecule has 110 valence electrons. The molecule has 0 amide bonds. The maximum absolute atomic E-state index is 11.1. The van der Waals surface area contributed by atoms with Gasteiger partial charge in [0.05, 0.1) is 23.2 Å². The van der Waals surface area contributed by atoms with E-state index in [9.17, 15) is 14.9 Å². The van der Waals surface area contributed by atoms with Gasteiger partial charge in [-0.1, -0.05) is 0 Å². The monoisotopic (exact) mass is 283 g/mol. The van der Waals surface area contributed by atoms with Gasteiger partial charge >= 0.3 is 5.97 Å². The highest BCUT2D eigenvalue weighted by Crippen LogP contribution is 2.36. The number of nitro benzene ring substituents is 1. The van der Waals surface area contributed by atoms with Crippen LogP contribution in [0.3, 0.4) is 0 Å². The van der Waals surface area contributed by atoms with E-state index in [2.05, 4.69) is 0 Å². The van der Waals surface area contributed by atoms with Crippen molar-refractivity contribution in [3.05, 3.63) is 27.8 Å². The molecule has 1 N–H and O–H groups in total. The van der Waals surface area contributed by atoms with Crippen LogP contribution in [-0.4, -0.2) is 28.2 Å². The highest BCUT2D eigenvalue weighted by molar-refractivity contribution is 5.93. The van der Waals surface area contributed by atoms with Crippen LogP contribution in [0.25, 0.3) is 0 Å². The first-order chi connectivity index (χ1) is 9.22. The quantitative estimate of drug-likeness (QED) is 0.636. The predicted molar refractivity (Wildman–Crippen MR) is 71.6 cm³/mol. The van der Waals surface area contributed by atoms with E-state index in [1.807, 2.05) is 0 Å². The van der Waals surface area contributed by atoms with Crippen molar-refractivity contribution in [1.82, 2.24) is 0 Å². The summed E-state index contributed by atoms with van der Waals surface area (Å²) in [5, 5.41) is 20.0. The minimum atomic E-state index is -1.39. The van der Waals surface area contributed by atoms with Gasteiger partial charge in [-0.15, -0.1) is 0 Å². The lowest BCUT2D eigenvalue weighted by atomic mass is 10.1. The summed E-state index contributed by atoms with van der Waals surface area (Å²) in [6.45, 7) is 7.05. The SMILES string of the molecule is CC(C)Oc1cc(C(=O)O)c([N+](=O)[O-])cc1OC(C)C. The van der Waals surface area contributed by atoms with E-state index in [0.717, 1.165) is 12.1 Å². The summed E-state index contributed by atoms with van der Waals surface area (Å²) in [4.78, 5) is 21.3. The second-order valence-electron chi connectivity index (χ2n) is 4.71. The third kappa shape index (κ3) is 3.84. The molecule has 0 radical (unpaired) electrons. The van der Waals surface area contributed by atoms with Gasteiger partial charge in [0.1, 0.15) is 5.56 Å². The number of hydrogen-bond acceptors (Lipinski definition) is 5. The molecule has 0 unspecified atom stereocenters. The molecule has 20 heavy (non-hydrogen) atoms. The summed E-state index contributed by atoms with van der Waals surface area (Å²) >= 11 is 0. The van der Waals surface area contributed by atoms with Gasteiger partial charge in [-0.2, -0.15) is 0 Å². The average molecular weight is 283 g/mol. The maximum Gasteiger partial charge on any atom is 0.342 e. The lowest BCUT2D eigenvalue weighted by Gasteiger charge is -2.17. The van der Waals surface area contributed by atoms with Gasteiger partial charge in [0, 0.05) is 6.07 Å². The summed E-state index contributed by atoms with van der Waals surface area (Å²) in [7, 11) is 0. The van der Waals surface area contributed by atoms with Crippen LogP contribution in [0.4, 0.5) is 5.69 Å². The van der Waals surface area contributed by atoms with Gasteiger partial charge in [-0.25, -0.2) is 4.79 Å². The maximum atomic E-state index is 11.1. The summed E-state index contributed by atoms with van der Waals surface area (Å²) in [6.07, 6.45) is -0.438. The molecule has 0 aliphatic carbocycles. The topological polar surface area (TPSA) is 98.9 Å². The molecule has 0 heterocycles. The zero-order valence-electron chi connectivity index (χ0n) is 11.7. The number of hydrogen-bond donors (Lipinski definition) is 1. The Balaban J connectivity index is 3.42. The Hall–Kier alpha value is -2.31. The van der Waals surface area contributed by atoms with E-state index in [4.69, 9.17) is 14.6 Å². The van der Waals surface area contributed by atoms with E-state index in [1.54, 1.807) is 27.7 Å². The number of nitro groups is 1. The molecule has 7 heteroatoms. The number of carboxylic acids is 1. The molecule has 0 spiro atoms. The Bertz CT molecular complexity index is 477. The Morgan fingerprint density at radius 2 is 1.60 bits per heavy atom. The second-order valence-corrected chi connectivity index (χ2v) is 4.71. The fourth-order valence-electron chi connectivity index (χ4n) is 1.56. The van der Waals surface area contributed by atoms with E-state index >= 15 is 0 Å². The van der Waals surface area contributed by atoms with Gasteiger partial charge in [-0.3, -0.25) is 10.1 Å². The largest absolute Gasteiger partial charge is 0.487 e. The summed E-state index contributed by atoms with van der Waals surface area (Å²) in [5.74, 6) is -1.05. The van der Waals surface area contributed by atoms with Crippen LogP contribution in [0.5, 0.6) is 11.5 Å². The molecule has 1 rings (SSSR count). The van der Waals surface area contributed by atoms with Crippen molar-refractivity contribution in [2.45, 2.75) is 39.9 Å². The standard InChI is InChI=1S/C13H17NO6/c1-7(2)19-11-5-9(13(15)16)10(14(17)18)6-12(11)20-8(3)4/h5-8H,1-4H3,(H,15,16).